The first-order chi connectivity index (χ1) is 9.02. The van der Waals surface area contributed by atoms with Crippen LogP contribution in [0.3, 0.4) is 0 Å². The molecule has 1 aliphatic rings. The van der Waals surface area contributed by atoms with Crippen LogP contribution in [0, 0.1) is 5.41 Å². The Labute approximate surface area is 116 Å². The molecule has 2 rings (SSSR count). The third-order valence-electron chi connectivity index (χ3n) is 3.99. The molecular formula is C16H26N2O. The molecule has 1 heterocycles. The Morgan fingerprint density at radius 2 is 2.16 bits per heavy atom. The molecule has 1 aromatic carbocycles. The Bertz CT molecular complexity index is 429. The van der Waals surface area contributed by atoms with Crippen LogP contribution in [0.5, 0.6) is 0 Å². The highest BCUT2D eigenvalue weighted by atomic mass is 16.3. The molecule has 0 atom stereocenters. The summed E-state index contributed by atoms with van der Waals surface area (Å²) in [6.07, 6.45) is 2.00. The van der Waals surface area contributed by atoms with Gasteiger partial charge >= 0.3 is 0 Å². The molecule has 0 aliphatic carbocycles. The third-order valence-corrected chi connectivity index (χ3v) is 3.99. The van der Waals surface area contributed by atoms with E-state index < -0.39 is 0 Å². The van der Waals surface area contributed by atoms with Crippen LogP contribution >= 0.6 is 0 Å². The average Bonchev–Trinajstić information content (AvgIpc) is 2.70. The second-order valence-electron chi connectivity index (χ2n) is 6.38. The lowest BCUT2D eigenvalue weighted by atomic mass is 9.90. The van der Waals surface area contributed by atoms with Gasteiger partial charge in [-0.15, -0.1) is 0 Å². The number of likely N-dealkylation sites (N-methyl/N-ethyl adjacent to an activating group) is 1. The minimum absolute atomic E-state index is 0.158. The maximum atomic E-state index is 9.02. The van der Waals surface area contributed by atoms with E-state index >= 15 is 0 Å². The summed E-state index contributed by atoms with van der Waals surface area (Å²) in [7, 11) is 2.15. The van der Waals surface area contributed by atoms with Crippen LogP contribution in [-0.4, -0.2) is 31.9 Å². The molecule has 0 aromatic heterocycles. The number of benzene rings is 1. The Hall–Kier alpha value is -1.06. The van der Waals surface area contributed by atoms with Gasteiger partial charge in [-0.3, -0.25) is 0 Å². The molecule has 1 aliphatic heterocycles. The summed E-state index contributed by atoms with van der Waals surface area (Å²) in [6, 6.07) is 6.77. The van der Waals surface area contributed by atoms with Crippen molar-refractivity contribution in [3.8, 4) is 0 Å². The molecule has 2 N–H and O–H groups in total. The molecule has 0 spiro atoms. The zero-order valence-corrected chi connectivity index (χ0v) is 12.4. The lowest BCUT2D eigenvalue weighted by Gasteiger charge is -2.24. The highest BCUT2D eigenvalue weighted by molar-refractivity contribution is 5.58. The van der Waals surface area contributed by atoms with E-state index in [1.807, 2.05) is 0 Å². The summed E-state index contributed by atoms with van der Waals surface area (Å²) in [5.74, 6) is 0. The van der Waals surface area contributed by atoms with Gasteiger partial charge in [0.15, 0.2) is 0 Å². The normalized spacial score (nSPS) is 14.8. The summed E-state index contributed by atoms with van der Waals surface area (Å²) in [6.45, 7) is 7.62. The van der Waals surface area contributed by atoms with E-state index in [2.05, 4.69) is 49.3 Å². The number of hydrogen-bond donors (Lipinski definition) is 2. The Kier molecular flexibility index (Phi) is 4.48. The van der Waals surface area contributed by atoms with Gasteiger partial charge in [-0.25, -0.2) is 0 Å². The summed E-state index contributed by atoms with van der Waals surface area (Å²) < 4.78 is 0. The van der Waals surface area contributed by atoms with Crippen LogP contribution in [0.15, 0.2) is 18.2 Å². The van der Waals surface area contributed by atoms with Gasteiger partial charge in [0, 0.05) is 39.0 Å². The highest BCUT2D eigenvalue weighted by Gasteiger charge is 2.17. The molecule has 3 nitrogen and oxygen atoms in total. The summed E-state index contributed by atoms with van der Waals surface area (Å²) >= 11 is 0. The topological polar surface area (TPSA) is 35.5 Å². The van der Waals surface area contributed by atoms with Crippen molar-refractivity contribution in [1.29, 1.82) is 0 Å². The van der Waals surface area contributed by atoms with Gasteiger partial charge in [-0.1, -0.05) is 26.0 Å². The molecule has 0 amide bonds. The molecule has 0 radical (unpaired) electrons. The number of fused-ring (bicyclic) bond motifs is 1. The summed E-state index contributed by atoms with van der Waals surface area (Å²) in [5.41, 5.74) is 4.36. The average molecular weight is 262 g/mol. The molecule has 3 heteroatoms. The minimum Gasteiger partial charge on any atom is -0.396 e. The van der Waals surface area contributed by atoms with E-state index in [9.17, 15) is 0 Å². The molecule has 19 heavy (non-hydrogen) atoms. The van der Waals surface area contributed by atoms with Crippen LogP contribution in [0.2, 0.25) is 0 Å². The van der Waals surface area contributed by atoms with Gasteiger partial charge in [-0.2, -0.15) is 0 Å². The van der Waals surface area contributed by atoms with Crippen LogP contribution in [0.25, 0.3) is 0 Å². The molecular weight excluding hydrogens is 236 g/mol. The van der Waals surface area contributed by atoms with E-state index in [0.717, 1.165) is 32.5 Å². The van der Waals surface area contributed by atoms with E-state index in [-0.39, 0.29) is 12.0 Å². The highest BCUT2D eigenvalue weighted by Crippen LogP contribution is 2.27. The fraction of sp³-hybridized carbons (Fsp3) is 0.625. The Balaban J connectivity index is 1.87. The maximum Gasteiger partial charge on any atom is 0.0436 e. The zero-order chi connectivity index (χ0) is 13.9. The monoisotopic (exact) mass is 262 g/mol. The fourth-order valence-electron chi connectivity index (χ4n) is 2.67. The van der Waals surface area contributed by atoms with Crippen molar-refractivity contribution in [1.82, 2.24) is 5.32 Å². The standard InChI is InChI=1S/C16H26N2O/c1-16(2,7-9-19)12-17-11-13-4-5-15-14(10-13)6-8-18(15)3/h4-5,10,17,19H,6-9,11-12H2,1-3H3. The van der Waals surface area contributed by atoms with Crippen molar-refractivity contribution >= 4 is 5.69 Å². The van der Waals surface area contributed by atoms with Crippen molar-refractivity contribution in [2.75, 3.05) is 31.6 Å². The van der Waals surface area contributed by atoms with Crippen LogP contribution < -0.4 is 10.2 Å². The van der Waals surface area contributed by atoms with Crippen LogP contribution in [0.4, 0.5) is 5.69 Å². The van der Waals surface area contributed by atoms with Crippen molar-refractivity contribution in [3.63, 3.8) is 0 Å². The smallest absolute Gasteiger partial charge is 0.0436 e. The largest absolute Gasteiger partial charge is 0.396 e. The van der Waals surface area contributed by atoms with E-state index in [0.29, 0.717) is 0 Å². The van der Waals surface area contributed by atoms with Gasteiger partial charge in [0.1, 0.15) is 0 Å². The number of anilines is 1. The molecule has 0 saturated heterocycles. The maximum absolute atomic E-state index is 9.02. The van der Waals surface area contributed by atoms with E-state index in [1.54, 1.807) is 0 Å². The minimum atomic E-state index is 0.158. The van der Waals surface area contributed by atoms with E-state index in [4.69, 9.17) is 5.11 Å². The van der Waals surface area contributed by atoms with Gasteiger partial charge < -0.3 is 15.3 Å². The number of aliphatic hydroxyl groups is 1. The number of rotatable bonds is 6. The molecule has 0 bridgehead atoms. The van der Waals surface area contributed by atoms with Crippen molar-refractivity contribution in [2.45, 2.75) is 33.2 Å². The number of aliphatic hydroxyl groups excluding tert-OH is 1. The lowest BCUT2D eigenvalue weighted by molar-refractivity contribution is 0.207. The predicted octanol–water partition coefficient (Wildman–Crippen LogP) is 2.18. The second kappa shape index (κ2) is 5.93. The van der Waals surface area contributed by atoms with Gasteiger partial charge in [-0.05, 0) is 35.4 Å². The fourth-order valence-corrected chi connectivity index (χ4v) is 2.67. The lowest BCUT2D eigenvalue weighted by Crippen LogP contribution is -2.29. The van der Waals surface area contributed by atoms with Crippen LogP contribution in [0.1, 0.15) is 31.4 Å². The summed E-state index contributed by atoms with van der Waals surface area (Å²) in [5, 5.41) is 12.5. The molecule has 0 unspecified atom stereocenters. The summed E-state index contributed by atoms with van der Waals surface area (Å²) in [4.78, 5) is 2.32. The Morgan fingerprint density at radius 1 is 1.37 bits per heavy atom. The molecule has 106 valence electrons. The quantitative estimate of drug-likeness (QED) is 0.825. The van der Waals surface area contributed by atoms with Crippen LogP contribution in [-0.2, 0) is 13.0 Å². The SMILES string of the molecule is CN1CCc2cc(CNCC(C)(C)CCO)ccc21. The second-order valence-corrected chi connectivity index (χ2v) is 6.38. The van der Waals surface area contributed by atoms with Crippen molar-refractivity contribution < 1.29 is 5.11 Å². The molecule has 1 aromatic rings. The van der Waals surface area contributed by atoms with E-state index in [1.165, 1.54) is 16.8 Å². The van der Waals surface area contributed by atoms with Gasteiger partial charge in [0.2, 0.25) is 0 Å². The van der Waals surface area contributed by atoms with Crippen molar-refractivity contribution in [3.05, 3.63) is 29.3 Å². The van der Waals surface area contributed by atoms with Gasteiger partial charge in [0.25, 0.3) is 0 Å². The predicted molar refractivity (Wildman–Crippen MR) is 80.6 cm³/mol. The number of hydrogen-bond acceptors (Lipinski definition) is 3. The Morgan fingerprint density at radius 3 is 2.89 bits per heavy atom. The third kappa shape index (κ3) is 3.71. The first kappa shape index (κ1) is 14.4. The first-order valence-electron chi connectivity index (χ1n) is 7.16. The molecule has 0 saturated carbocycles. The number of nitrogens with one attached hydrogen (secondary N) is 1. The van der Waals surface area contributed by atoms with Crippen molar-refractivity contribution in [2.24, 2.45) is 5.41 Å². The zero-order valence-electron chi connectivity index (χ0n) is 12.4. The molecule has 0 fully saturated rings. The first-order valence-corrected chi connectivity index (χ1v) is 7.16. The number of nitrogens with zero attached hydrogens (tertiary/aromatic N) is 1. The van der Waals surface area contributed by atoms with Gasteiger partial charge in [0.05, 0.1) is 0 Å².